The fourth-order valence-electron chi connectivity index (χ4n) is 3.37. The molecule has 2 rings (SSSR count). The molecular weight excluding hydrogens is 248 g/mol. The van der Waals surface area contributed by atoms with Crippen LogP contribution < -0.4 is 5.73 Å². The molecule has 1 aliphatic heterocycles. The van der Waals surface area contributed by atoms with Crippen molar-refractivity contribution in [3.63, 3.8) is 0 Å². The van der Waals surface area contributed by atoms with E-state index in [2.05, 4.69) is 18.9 Å². The van der Waals surface area contributed by atoms with Gasteiger partial charge in [0.25, 0.3) is 0 Å². The molecule has 0 bridgehead atoms. The van der Waals surface area contributed by atoms with E-state index in [-0.39, 0.29) is 6.04 Å². The van der Waals surface area contributed by atoms with Crippen LogP contribution in [0.2, 0.25) is 0 Å². The zero-order valence-corrected chi connectivity index (χ0v) is 12.3. The summed E-state index contributed by atoms with van der Waals surface area (Å²) in [4.78, 5) is 2.23. The molecule has 2 fully saturated rings. The number of nitrogens with zero attached hydrogens (tertiary/aromatic N) is 1. The van der Waals surface area contributed by atoms with Gasteiger partial charge < -0.3 is 10.6 Å². The van der Waals surface area contributed by atoms with Gasteiger partial charge in [0.2, 0.25) is 0 Å². The van der Waals surface area contributed by atoms with Gasteiger partial charge in [-0.25, -0.2) is 8.42 Å². The van der Waals surface area contributed by atoms with Crippen molar-refractivity contribution in [2.75, 3.05) is 25.1 Å². The molecule has 106 valence electrons. The van der Waals surface area contributed by atoms with E-state index in [0.717, 1.165) is 25.3 Å². The Morgan fingerprint density at radius 1 is 1.28 bits per heavy atom. The second-order valence-electron chi connectivity index (χ2n) is 6.34. The maximum absolute atomic E-state index is 11.5. The Morgan fingerprint density at radius 2 is 2.00 bits per heavy atom. The Bertz CT molecular complexity index is 382. The van der Waals surface area contributed by atoms with Crippen molar-refractivity contribution >= 4 is 9.84 Å². The highest BCUT2D eigenvalue weighted by Crippen LogP contribution is 2.29. The fraction of sp³-hybridized carbons (Fsp3) is 1.00. The Balaban J connectivity index is 1.89. The van der Waals surface area contributed by atoms with E-state index in [1.807, 2.05) is 0 Å². The van der Waals surface area contributed by atoms with Gasteiger partial charge in [0, 0.05) is 18.6 Å². The van der Waals surface area contributed by atoms with E-state index in [0.29, 0.717) is 23.5 Å². The molecule has 2 aliphatic rings. The van der Waals surface area contributed by atoms with Crippen LogP contribution in [0.4, 0.5) is 0 Å². The standard InChI is InChI=1S/C13H26N2O2S/c1-10-3-4-13(14)11(7-10)8-15(2)12-5-6-18(16,17)9-12/h10-13H,3-9,14H2,1-2H3. The molecule has 0 spiro atoms. The minimum absolute atomic E-state index is 0.208. The Hall–Kier alpha value is -0.130. The second kappa shape index (κ2) is 5.47. The van der Waals surface area contributed by atoms with Crippen LogP contribution in [-0.2, 0) is 9.84 Å². The number of hydrogen-bond donors (Lipinski definition) is 1. The van der Waals surface area contributed by atoms with E-state index in [1.54, 1.807) is 0 Å². The average molecular weight is 274 g/mol. The van der Waals surface area contributed by atoms with Crippen molar-refractivity contribution < 1.29 is 8.42 Å². The molecule has 1 saturated heterocycles. The summed E-state index contributed by atoms with van der Waals surface area (Å²) >= 11 is 0. The molecule has 0 radical (unpaired) electrons. The lowest BCUT2D eigenvalue weighted by Crippen LogP contribution is -2.44. The number of sulfone groups is 1. The number of hydrogen-bond acceptors (Lipinski definition) is 4. The normalized spacial score (nSPS) is 40.2. The predicted molar refractivity (Wildman–Crippen MR) is 74.2 cm³/mol. The lowest BCUT2D eigenvalue weighted by Gasteiger charge is -2.36. The molecule has 1 heterocycles. The van der Waals surface area contributed by atoms with Crippen molar-refractivity contribution in [3.8, 4) is 0 Å². The minimum atomic E-state index is -2.78. The molecule has 18 heavy (non-hydrogen) atoms. The van der Waals surface area contributed by atoms with Gasteiger partial charge in [0.05, 0.1) is 11.5 Å². The molecule has 4 nitrogen and oxygen atoms in total. The van der Waals surface area contributed by atoms with E-state index in [9.17, 15) is 8.42 Å². The van der Waals surface area contributed by atoms with Crippen molar-refractivity contribution in [1.29, 1.82) is 0 Å². The molecule has 4 atom stereocenters. The Kier molecular flexibility index (Phi) is 4.34. The van der Waals surface area contributed by atoms with Gasteiger partial charge in [0.1, 0.15) is 0 Å². The summed E-state index contributed by atoms with van der Waals surface area (Å²) in [6.07, 6.45) is 4.32. The third-order valence-electron chi connectivity index (χ3n) is 4.66. The summed E-state index contributed by atoms with van der Waals surface area (Å²) in [5, 5.41) is 0. The van der Waals surface area contributed by atoms with Crippen molar-refractivity contribution in [3.05, 3.63) is 0 Å². The summed E-state index contributed by atoms with van der Waals surface area (Å²) in [6.45, 7) is 3.24. The first-order chi connectivity index (χ1) is 8.37. The first-order valence-electron chi connectivity index (χ1n) is 7.03. The molecule has 4 unspecified atom stereocenters. The minimum Gasteiger partial charge on any atom is -0.327 e. The monoisotopic (exact) mass is 274 g/mol. The summed E-state index contributed by atoms with van der Waals surface area (Å²) in [6, 6.07) is 0.501. The number of nitrogens with two attached hydrogens (primary N) is 1. The van der Waals surface area contributed by atoms with Crippen LogP contribution >= 0.6 is 0 Å². The third kappa shape index (κ3) is 3.45. The van der Waals surface area contributed by atoms with Crippen LogP contribution in [0.15, 0.2) is 0 Å². The van der Waals surface area contributed by atoms with Gasteiger partial charge in [-0.15, -0.1) is 0 Å². The number of rotatable bonds is 3. The van der Waals surface area contributed by atoms with Crippen molar-refractivity contribution in [2.24, 2.45) is 17.6 Å². The first kappa shape index (κ1) is 14.3. The molecule has 0 amide bonds. The SMILES string of the molecule is CC1CCC(N)C(CN(C)C2CCS(=O)(=O)C2)C1. The summed E-state index contributed by atoms with van der Waals surface area (Å²) < 4.78 is 23.0. The fourth-order valence-corrected chi connectivity index (χ4v) is 5.18. The molecule has 0 aromatic carbocycles. The zero-order chi connectivity index (χ0) is 13.3. The highest BCUT2D eigenvalue weighted by molar-refractivity contribution is 7.91. The van der Waals surface area contributed by atoms with Crippen LogP contribution in [0, 0.1) is 11.8 Å². The zero-order valence-electron chi connectivity index (χ0n) is 11.5. The largest absolute Gasteiger partial charge is 0.327 e. The topological polar surface area (TPSA) is 63.4 Å². The summed E-state index contributed by atoms with van der Waals surface area (Å²) in [7, 11) is -0.725. The van der Waals surface area contributed by atoms with Gasteiger partial charge in [0.15, 0.2) is 9.84 Å². The van der Waals surface area contributed by atoms with Crippen LogP contribution in [0.5, 0.6) is 0 Å². The summed E-state index contributed by atoms with van der Waals surface area (Å²) in [5.74, 6) is 1.98. The Labute approximate surface area is 111 Å². The van der Waals surface area contributed by atoms with Crippen LogP contribution in [0.25, 0.3) is 0 Å². The van der Waals surface area contributed by atoms with Gasteiger partial charge >= 0.3 is 0 Å². The quantitative estimate of drug-likeness (QED) is 0.829. The molecule has 2 N–H and O–H groups in total. The van der Waals surface area contributed by atoms with Crippen LogP contribution in [0.3, 0.4) is 0 Å². The lowest BCUT2D eigenvalue weighted by atomic mass is 9.79. The molecule has 1 aliphatic carbocycles. The highest BCUT2D eigenvalue weighted by atomic mass is 32.2. The van der Waals surface area contributed by atoms with E-state index < -0.39 is 9.84 Å². The molecule has 1 saturated carbocycles. The average Bonchev–Trinajstić information content (AvgIpc) is 2.64. The van der Waals surface area contributed by atoms with Crippen molar-refractivity contribution in [2.45, 2.75) is 44.7 Å². The van der Waals surface area contributed by atoms with E-state index >= 15 is 0 Å². The van der Waals surface area contributed by atoms with Crippen LogP contribution in [-0.4, -0.2) is 50.5 Å². The van der Waals surface area contributed by atoms with E-state index in [1.165, 1.54) is 12.8 Å². The van der Waals surface area contributed by atoms with Gasteiger partial charge in [-0.3, -0.25) is 0 Å². The summed E-state index contributed by atoms with van der Waals surface area (Å²) in [5.41, 5.74) is 6.20. The van der Waals surface area contributed by atoms with Gasteiger partial charge in [-0.2, -0.15) is 0 Å². The van der Waals surface area contributed by atoms with Crippen LogP contribution in [0.1, 0.15) is 32.6 Å². The smallest absolute Gasteiger partial charge is 0.151 e. The Morgan fingerprint density at radius 3 is 2.61 bits per heavy atom. The molecular formula is C13H26N2O2S. The van der Waals surface area contributed by atoms with Crippen molar-refractivity contribution in [1.82, 2.24) is 4.90 Å². The van der Waals surface area contributed by atoms with E-state index in [4.69, 9.17) is 5.73 Å². The first-order valence-corrected chi connectivity index (χ1v) is 8.86. The molecule has 0 aromatic rings. The van der Waals surface area contributed by atoms with Gasteiger partial charge in [-0.1, -0.05) is 6.92 Å². The maximum atomic E-state index is 11.5. The molecule has 0 aromatic heterocycles. The second-order valence-corrected chi connectivity index (χ2v) is 8.57. The maximum Gasteiger partial charge on any atom is 0.151 e. The molecule has 5 heteroatoms. The predicted octanol–water partition coefficient (Wildman–Crippen LogP) is 0.869. The van der Waals surface area contributed by atoms with Gasteiger partial charge in [-0.05, 0) is 44.6 Å². The highest BCUT2D eigenvalue weighted by Gasteiger charge is 2.33. The lowest BCUT2D eigenvalue weighted by molar-refractivity contribution is 0.156. The third-order valence-corrected chi connectivity index (χ3v) is 6.41.